The Balaban J connectivity index is 1.56. The third kappa shape index (κ3) is 4.06. The van der Waals surface area contributed by atoms with Crippen molar-refractivity contribution in [2.75, 3.05) is 18.6 Å². The van der Waals surface area contributed by atoms with Crippen LogP contribution in [0.2, 0.25) is 0 Å². The molecule has 2 aromatic heterocycles. The molecule has 4 aromatic rings. The van der Waals surface area contributed by atoms with Crippen LogP contribution in [0.3, 0.4) is 0 Å². The van der Waals surface area contributed by atoms with Crippen LogP contribution in [0.25, 0.3) is 22.1 Å². The summed E-state index contributed by atoms with van der Waals surface area (Å²) >= 11 is 3.53. The number of benzene rings is 2. The zero-order valence-corrected chi connectivity index (χ0v) is 18.4. The van der Waals surface area contributed by atoms with E-state index in [4.69, 9.17) is 9.47 Å². The lowest BCUT2D eigenvalue weighted by Gasteiger charge is -2.13. The third-order valence-corrected chi connectivity index (χ3v) is 4.96. The first-order chi connectivity index (χ1) is 14.6. The molecule has 0 spiro atoms. The fraction of sp³-hybridized carbons (Fsp3) is 0.238. The second-order valence-electron chi connectivity index (χ2n) is 6.57. The molecule has 0 aliphatic heterocycles. The zero-order chi connectivity index (χ0) is 21.1. The third-order valence-electron chi connectivity index (χ3n) is 4.37. The molecule has 0 aliphatic rings. The molecule has 2 N–H and O–H groups in total. The molecule has 2 heterocycles. The molecule has 0 aliphatic carbocycles. The maximum absolute atomic E-state index is 5.69. The number of anilines is 1. The maximum Gasteiger partial charge on any atom is 0.265 e. The van der Waals surface area contributed by atoms with Crippen molar-refractivity contribution in [3.63, 3.8) is 0 Å². The standard InChI is InChI=1S/C21H21BrN6O2/c1-4-29-17-10-13(9-15(22)19(17)30-5-2)11-23-27-21-25-20-18(26-28-21)14-8-12(3)6-7-16(14)24-20/h6-11H,4-5H2,1-3H3,(H2,24,25,27,28)/b23-11+. The predicted molar refractivity (Wildman–Crippen MR) is 122 cm³/mol. The minimum absolute atomic E-state index is 0.303. The van der Waals surface area contributed by atoms with Gasteiger partial charge in [-0.3, -0.25) is 0 Å². The molecule has 0 saturated heterocycles. The highest BCUT2D eigenvalue weighted by Crippen LogP contribution is 2.36. The van der Waals surface area contributed by atoms with E-state index in [1.807, 2.05) is 45.0 Å². The van der Waals surface area contributed by atoms with E-state index in [0.29, 0.717) is 36.3 Å². The molecule has 0 radical (unpaired) electrons. The van der Waals surface area contributed by atoms with Gasteiger partial charge in [0, 0.05) is 10.9 Å². The second kappa shape index (κ2) is 8.66. The van der Waals surface area contributed by atoms with Gasteiger partial charge in [0.1, 0.15) is 5.52 Å². The first-order valence-electron chi connectivity index (χ1n) is 9.60. The number of hydrazone groups is 1. The molecule has 30 heavy (non-hydrogen) atoms. The molecular formula is C21H21BrN6O2. The summed E-state index contributed by atoms with van der Waals surface area (Å²) in [6.07, 6.45) is 1.66. The maximum atomic E-state index is 5.69. The number of fused-ring (bicyclic) bond motifs is 3. The number of nitrogens with zero attached hydrogens (tertiary/aromatic N) is 4. The van der Waals surface area contributed by atoms with Crippen LogP contribution in [0, 0.1) is 6.92 Å². The minimum Gasteiger partial charge on any atom is -0.490 e. The Bertz CT molecular complexity index is 1240. The smallest absolute Gasteiger partial charge is 0.265 e. The van der Waals surface area contributed by atoms with Gasteiger partial charge in [0.2, 0.25) is 0 Å². The summed E-state index contributed by atoms with van der Waals surface area (Å²) in [5.41, 5.74) is 7.18. The van der Waals surface area contributed by atoms with Gasteiger partial charge in [-0.15, -0.1) is 10.2 Å². The summed E-state index contributed by atoms with van der Waals surface area (Å²) in [5, 5.41) is 13.7. The van der Waals surface area contributed by atoms with Gasteiger partial charge in [0.15, 0.2) is 17.1 Å². The number of H-pyrrole nitrogens is 1. The molecule has 0 bridgehead atoms. The molecule has 0 saturated carbocycles. The molecule has 154 valence electrons. The van der Waals surface area contributed by atoms with E-state index in [9.17, 15) is 0 Å². The Hall–Kier alpha value is -3.20. The van der Waals surface area contributed by atoms with Crippen molar-refractivity contribution in [3.05, 3.63) is 45.9 Å². The number of aromatic amines is 1. The van der Waals surface area contributed by atoms with Crippen LogP contribution in [0.15, 0.2) is 39.9 Å². The van der Waals surface area contributed by atoms with Crippen LogP contribution in [-0.4, -0.2) is 39.6 Å². The van der Waals surface area contributed by atoms with Gasteiger partial charge in [0.05, 0.1) is 23.9 Å². The number of aryl methyl sites for hydroxylation is 1. The van der Waals surface area contributed by atoms with Gasteiger partial charge in [0.25, 0.3) is 5.95 Å². The molecule has 0 atom stereocenters. The lowest BCUT2D eigenvalue weighted by atomic mass is 10.2. The van der Waals surface area contributed by atoms with Crippen LogP contribution >= 0.6 is 15.9 Å². The summed E-state index contributed by atoms with van der Waals surface area (Å²) in [4.78, 5) is 7.73. The van der Waals surface area contributed by atoms with E-state index in [0.717, 1.165) is 32.0 Å². The van der Waals surface area contributed by atoms with E-state index in [1.165, 1.54) is 0 Å². The second-order valence-corrected chi connectivity index (χ2v) is 7.43. The highest BCUT2D eigenvalue weighted by Gasteiger charge is 2.12. The lowest BCUT2D eigenvalue weighted by Crippen LogP contribution is -2.01. The molecule has 8 nitrogen and oxygen atoms in total. The van der Waals surface area contributed by atoms with E-state index in [-0.39, 0.29) is 0 Å². The Morgan fingerprint density at radius 3 is 2.77 bits per heavy atom. The van der Waals surface area contributed by atoms with Crippen LogP contribution in [0.5, 0.6) is 11.5 Å². The number of ether oxygens (including phenoxy) is 2. The number of nitrogens with one attached hydrogen (secondary N) is 2. The Morgan fingerprint density at radius 2 is 1.97 bits per heavy atom. The summed E-state index contributed by atoms with van der Waals surface area (Å²) < 4.78 is 12.1. The monoisotopic (exact) mass is 468 g/mol. The zero-order valence-electron chi connectivity index (χ0n) is 16.9. The average Bonchev–Trinajstić information content (AvgIpc) is 3.08. The van der Waals surface area contributed by atoms with E-state index in [1.54, 1.807) is 6.21 Å². The Kier molecular flexibility index (Phi) is 5.80. The normalized spacial score (nSPS) is 11.5. The molecule has 4 rings (SSSR count). The van der Waals surface area contributed by atoms with Crippen molar-refractivity contribution in [1.82, 2.24) is 20.2 Å². The van der Waals surface area contributed by atoms with Crippen LogP contribution in [-0.2, 0) is 0 Å². The predicted octanol–water partition coefficient (Wildman–Crippen LogP) is 4.82. The largest absolute Gasteiger partial charge is 0.490 e. The topological polar surface area (TPSA) is 97.3 Å². The molecule has 2 aromatic carbocycles. The first-order valence-corrected chi connectivity index (χ1v) is 10.4. The summed E-state index contributed by atoms with van der Waals surface area (Å²) in [7, 11) is 0. The summed E-state index contributed by atoms with van der Waals surface area (Å²) in [6, 6.07) is 9.89. The number of hydrogen-bond donors (Lipinski definition) is 2. The first kappa shape index (κ1) is 20.1. The van der Waals surface area contributed by atoms with Gasteiger partial charge >= 0.3 is 0 Å². The fourth-order valence-corrected chi connectivity index (χ4v) is 3.68. The fourth-order valence-electron chi connectivity index (χ4n) is 3.11. The highest BCUT2D eigenvalue weighted by molar-refractivity contribution is 9.10. The molecule has 0 unspecified atom stereocenters. The molecule has 0 fully saturated rings. The van der Waals surface area contributed by atoms with Gasteiger partial charge in [-0.2, -0.15) is 10.1 Å². The Morgan fingerprint density at radius 1 is 1.13 bits per heavy atom. The van der Waals surface area contributed by atoms with E-state index in [2.05, 4.69) is 52.7 Å². The van der Waals surface area contributed by atoms with E-state index >= 15 is 0 Å². The number of rotatable bonds is 7. The number of halogens is 1. The van der Waals surface area contributed by atoms with Crippen molar-refractivity contribution < 1.29 is 9.47 Å². The van der Waals surface area contributed by atoms with Crippen molar-refractivity contribution in [3.8, 4) is 11.5 Å². The van der Waals surface area contributed by atoms with Gasteiger partial charge in [-0.25, -0.2) is 5.43 Å². The SMILES string of the molecule is CCOc1cc(/C=N/Nc2nnc3c(n2)[nH]c2ccc(C)cc23)cc(Br)c1OCC. The van der Waals surface area contributed by atoms with Crippen LogP contribution < -0.4 is 14.9 Å². The minimum atomic E-state index is 0.303. The highest BCUT2D eigenvalue weighted by atomic mass is 79.9. The van der Waals surface area contributed by atoms with Crippen molar-refractivity contribution in [2.45, 2.75) is 20.8 Å². The average molecular weight is 469 g/mol. The number of aromatic nitrogens is 4. The molecule has 0 amide bonds. The van der Waals surface area contributed by atoms with Crippen molar-refractivity contribution in [2.24, 2.45) is 5.10 Å². The van der Waals surface area contributed by atoms with Crippen LogP contribution in [0.4, 0.5) is 5.95 Å². The van der Waals surface area contributed by atoms with E-state index < -0.39 is 0 Å². The van der Waals surface area contributed by atoms with Gasteiger partial charge in [-0.1, -0.05) is 11.6 Å². The Labute approximate surface area is 181 Å². The van der Waals surface area contributed by atoms with Gasteiger partial charge in [-0.05, 0) is 66.5 Å². The molecular weight excluding hydrogens is 448 g/mol. The van der Waals surface area contributed by atoms with Crippen molar-refractivity contribution in [1.29, 1.82) is 0 Å². The van der Waals surface area contributed by atoms with Crippen LogP contribution in [0.1, 0.15) is 25.0 Å². The lowest BCUT2D eigenvalue weighted by molar-refractivity contribution is 0.286. The molecule has 9 heteroatoms. The number of hydrogen-bond acceptors (Lipinski definition) is 7. The van der Waals surface area contributed by atoms with Gasteiger partial charge < -0.3 is 14.5 Å². The summed E-state index contributed by atoms with van der Waals surface area (Å²) in [5.74, 6) is 1.64. The summed E-state index contributed by atoms with van der Waals surface area (Å²) in [6.45, 7) is 6.99. The van der Waals surface area contributed by atoms with Crippen molar-refractivity contribution >= 4 is 50.2 Å². The quantitative estimate of drug-likeness (QED) is 0.298.